The number of halogens is 1. The van der Waals surface area contributed by atoms with Crippen molar-refractivity contribution in [2.75, 3.05) is 31.1 Å². The van der Waals surface area contributed by atoms with Gasteiger partial charge in [-0.25, -0.2) is 0 Å². The largest absolute Gasteiger partial charge is 0.371 e. The molecule has 1 aromatic carbocycles. The Morgan fingerprint density at radius 1 is 1.44 bits per heavy atom. The molecule has 0 bridgehead atoms. The zero-order chi connectivity index (χ0) is 13.0. The number of nitrogens with one attached hydrogen (secondary N) is 1. The van der Waals surface area contributed by atoms with Crippen molar-refractivity contribution in [3.05, 3.63) is 28.2 Å². The Balaban J connectivity index is 1.89. The minimum absolute atomic E-state index is 0.806. The van der Waals surface area contributed by atoms with Crippen molar-refractivity contribution in [1.29, 1.82) is 0 Å². The first-order valence-electron chi connectivity index (χ1n) is 6.92. The fourth-order valence-electron chi connectivity index (χ4n) is 2.54. The van der Waals surface area contributed by atoms with Crippen LogP contribution in [-0.2, 0) is 0 Å². The molecular weight excluding hydrogens is 288 g/mol. The van der Waals surface area contributed by atoms with Crippen molar-refractivity contribution in [2.24, 2.45) is 5.92 Å². The average Bonchev–Trinajstić information content (AvgIpc) is 2.82. The van der Waals surface area contributed by atoms with Gasteiger partial charge in [0, 0.05) is 23.2 Å². The molecule has 1 heterocycles. The highest BCUT2D eigenvalue weighted by Crippen LogP contribution is 2.27. The molecular formula is C15H23BrN2. The molecule has 1 atom stereocenters. The first-order valence-corrected chi connectivity index (χ1v) is 7.72. The van der Waals surface area contributed by atoms with Crippen LogP contribution < -0.4 is 10.2 Å². The molecule has 100 valence electrons. The molecule has 0 spiro atoms. The summed E-state index contributed by atoms with van der Waals surface area (Å²) in [4.78, 5) is 2.51. The van der Waals surface area contributed by atoms with Gasteiger partial charge in [0.2, 0.25) is 0 Å². The Morgan fingerprint density at radius 2 is 2.28 bits per heavy atom. The van der Waals surface area contributed by atoms with E-state index in [1.807, 2.05) is 0 Å². The Hall–Kier alpha value is -0.540. The third kappa shape index (κ3) is 3.48. The maximum absolute atomic E-state index is 3.56. The number of hydrogen-bond acceptors (Lipinski definition) is 2. The van der Waals surface area contributed by atoms with E-state index in [1.54, 1.807) is 0 Å². The SMILES string of the molecule is CCCNCC1CCN(c2ccc(Br)c(C)c2)C1. The fraction of sp³-hybridized carbons (Fsp3) is 0.600. The van der Waals surface area contributed by atoms with E-state index >= 15 is 0 Å². The van der Waals surface area contributed by atoms with E-state index < -0.39 is 0 Å². The van der Waals surface area contributed by atoms with Crippen LogP contribution in [0.1, 0.15) is 25.3 Å². The molecule has 0 aromatic heterocycles. The zero-order valence-electron chi connectivity index (χ0n) is 11.4. The highest BCUT2D eigenvalue weighted by atomic mass is 79.9. The number of anilines is 1. The number of benzene rings is 1. The second-order valence-electron chi connectivity index (χ2n) is 5.24. The van der Waals surface area contributed by atoms with E-state index in [0.717, 1.165) is 12.5 Å². The summed E-state index contributed by atoms with van der Waals surface area (Å²) >= 11 is 3.56. The van der Waals surface area contributed by atoms with Gasteiger partial charge in [-0.05, 0) is 62.5 Å². The van der Waals surface area contributed by atoms with Crippen LogP contribution in [-0.4, -0.2) is 26.2 Å². The summed E-state index contributed by atoms with van der Waals surface area (Å²) < 4.78 is 1.20. The van der Waals surface area contributed by atoms with E-state index in [1.165, 1.54) is 48.2 Å². The lowest BCUT2D eigenvalue weighted by atomic mass is 10.1. The molecule has 1 N–H and O–H groups in total. The summed E-state index contributed by atoms with van der Waals surface area (Å²) in [7, 11) is 0. The second-order valence-corrected chi connectivity index (χ2v) is 6.09. The smallest absolute Gasteiger partial charge is 0.0369 e. The Labute approximate surface area is 119 Å². The first kappa shape index (κ1) is 13.9. The fourth-order valence-corrected chi connectivity index (χ4v) is 2.79. The van der Waals surface area contributed by atoms with Crippen molar-refractivity contribution >= 4 is 21.6 Å². The lowest BCUT2D eigenvalue weighted by molar-refractivity contribution is 0.516. The van der Waals surface area contributed by atoms with E-state index in [9.17, 15) is 0 Å². The van der Waals surface area contributed by atoms with Crippen molar-refractivity contribution < 1.29 is 0 Å². The molecule has 1 unspecified atom stereocenters. The van der Waals surface area contributed by atoms with Gasteiger partial charge in [0.15, 0.2) is 0 Å². The summed E-state index contributed by atoms with van der Waals surface area (Å²) in [6.45, 7) is 9.08. The van der Waals surface area contributed by atoms with Crippen LogP contribution >= 0.6 is 15.9 Å². The Bertz CT molecular complexity index is 392. The topological polar surface area (TPSA) is 15.3 Å². The van der Waals surface area contributed by atoms with Gasteiger partial charge in [-0.2, -0.15) is 0 Å². The van der Waals surface area contributed by atoms with Gasteiger partial charge in [-0.15, -0.1) is 0 Å². The third-order valence-electron chi connectivity index (χ3n) is 3.65. The molecule has 1 saturated heterocycles. The molecule has 3 heteroatoms. The van der Waals surface area contributed by atoms with E-state index in [0.29, 0.717) is 0 Å². The number of hydrogen-bond donors (Lipinski definition) is 1. The highest BCUT2D eigenvalue weighted by molar-refractivity contribution is 9.10. The molecule has 1 aliphatic heterocycles. The molecule has 0 radical (unpaired) electrons. The lowest BCUT2D eigenvalue weighted by Crippen LogP contribution is -2.26. The average molecular weight is 311 g/mol. The van der Waals surface area contributed by atoms with Crippen LogP contribution in [0.2, 0.25) is 0 Å². The van der Waals surface area contributed by atoms with Gasteiger partial charge >= 0.3 is 0 Å². The van der Waals surface area contributed by atoms with Crippen LogP contribution in [0.15, 0.2) is 22.7 Å². The molecule has 18 heavy (non-hydrogen) atoms. The van der Waals surface area contributed by atoms with E-state index in [2.05, 4.69) is 58.2 Å². The van der Waals surface area contributed by atoms with Gasteiger partial charge in [0.05, 0.1) is 0 Å². The van der Waals surface area contributed by atoms with Gasteiger partial charge in [-0.3, -0.25) is 0 Å². The summed E-state index contributed by atoms with van der Waals surface area (Å²) in [5.41, 5.74) is 2.69. The molecule has 1 aliphatic rings. The summed E-state index contributed by atoms with van der Waals surface area (Å²) in [5.74, 6) is 0.806. The van der Waals surface area contributed by atoms with Crippen molar-refractivity contribution in [3.63, 3.8) is 0 Å². The zero-order valence-corrected chi connectivity index (χ0v) is 13.0. The van der Waals surface area contributed by atoms with Gasteiger partial charge in [0.25, 0.3) is 0 Å². The molecule has 1 fully saturated rings. The standard InChI is InChI=1S/C15H23BrN2/c1-3-7-17-10-13-6-8-18(11-13)14-4-5-15(16)12(2)9-14/h4-5,9,13,17H,3,6-8,10-11H2,1-2H3. The predicted molar refractivity (Wildman–Crippen MR) is 82.4 cm³/mol. The van der Waals surface area contributed by atoms with Crippen LogP contribution in [0.3, 0.4) is 0 Å². The van der Waals surface area contributed by atoms with Crippen molar-refractivity contribution in [1.82, 2.24) is 5.32 Å². The minimum atomic E-state index is 0.806. The van der Waals surface area contributed by atoms with Crippen molar-refractivity contribution in [3.8, 4) is 0 Å². The maximum Gasteiger partial charge on any atom is 0.0369 e. The van der Waals surface area contributed by atoms with Crippen LogP contribution in [0.25, 0.3) is 0 Å². The lowest BCUT2D eigenvalue weighted by Gasteiger charge is -2.19. The highest BCUT2D eigenvalue weighted by Gasteiger charge is 2.22. The van der Waals surface area contributed by atoms with E-state index in [-0.39, 0.29) is 0 Å². The van der Waals surface area contributed by atoms with Gasteiger partial charge in [-0.1, -0.05) is 22.9 Å². The van der Waals surface area contributed by atoms with E-state index in [4.69, 9.17) is 0 Å². The van der Waals surface area contributed by atoms with Crippen LogP contribution in [0.5, 0.6) is 0 Å². The maximum atomic E-state index is 3.56. The quantitative estimate of drug-likeness (QED) is 0.836. The molecule has 0 saturated carbocycles. The molecule has 2 rings (SSSR count). The molecule has 0 aliphatic carbocycles. The monoisotopic (exact) mass is 310 g/mol. The predicted octanol–water partition coefficient (Wildman–Crippen LogP) is 3.58. The number of rotatable bonds is 5. The molecule has 2 nitrogen and oxygen atoms in total. The summed E-state index contributed by atoms with van der Waals surface area (Å²) in [6, 6.07) is 6.66. The minimum Gasteiger partial charge on any atom is -0.371 e. The second kappa shape index (κ2) is 6.58. The van der Waals surface area contributed by atoms with Gasteiger partial charge in [0.1, 0.15) is 0 Å². The van der Waals surface area contributed by atoms with Gasteiger partial charge < -0.3 is 10.2 Å². The normalized spacial score (nSPS) is 19.5. The Morgan fingerprint density at radius 3 is 3.00 bits per heavy atom. The number of nitrogens with zero attached hydrogens (tertiary/aromatic N) is 1. The van der Waals surface area contributed by atoms with Crippen molar-refractivity contribution in [2.45, 2.75) is 26.7 Å². The summed E-state index contributed by atoms with van der Waals surface area (Å²) in [5, 5.41) is 3.54. The van der Waals surface area contributed by atoms with Crippen LogP contribution in [0, 0.1) is 12.8 Å². The third-order valence-corrected chi connectivity index (χ3v) is 4.54. The van der Waals surface area contributed by atoms with Crippen LogP contribution in [0.4, 0.5) is 5.69 Å². The summed E-state index contributed by atoms with van der Waals surface area (Å²) in [6.07, 6.45) is 2.54. The molecule has 0 amide bonds. The Kier molecular flexibility index (Phi) is 5.07. The molecule has 1 aromatic rings. The number of aryl methyl sites for hydroxylation is 1. The first-order chi connectivity index (χ1) is 8.70.